The topological polar surface area (TPSA) is 54.5 Å². The van der Waals surface area contributed by atoms with Gasteiger partial charge in [0, 0.05) is 36.1 Å². The normalized spacial score (nSPS) is 26.2. The molecule has 5 heteroatoms. The fourth-order valence-corrected chi connectivity index (χ4v) is 3.87. The highest BCUT2D eigenvalue weighted by atomic mass is 16.5. The first-order chi connectivity index (χ1) is 11.2. The number of nitrogens with zero attached hydrogens (tertiary/aromatic N) is 2. The van der Waals surface area contributed by atoms with E-state index in [4.69, 9.17) is 4.74 Å². The first-order valence-corrected chi connectivity index (χ1v) is 8.19. The molecule has 1 aromatic carbocycles. The van der Waals surface area contributed by atoms with Gasteiger partial charge in [0.05, 0.1) is 7.11 Å². The molecule has 2 aromatic rings. The number of nitrogens with one attached hydrogen (secondary N) is 1. The molecule has 2 fully saturated rings. The number of piperidine rings is 1. The Labute approximate surface area is 135 Å². The Morgan fingerprint density at radius 1 is 1.39 bits per heavy atom. The summed E-state index contributed by atoms with van der Waals surface area (Å²) in [6.07, 6.45) is 4.08. The molecule has 4 rings (SSSR count). The van der Waals surface area contributed by atoms with Crippen molar-refractivity contribution in [3.05, 3.63) is 36.2 Å². The van der Waals surface area contributed by atoms with Gasteiger partial charge in [-0.2, -0.15) is 0 Å². The van der Waals surface area contributed by atoms with E-state index in [2.05, 4.69) is 15.2 Å². The lowest BCUT2D eigenvalue weighted by Crippen LogP contribution is -2.47. The first kappa shape index (κ1) is 14.5. The molecule has 2 saturated heterocycles. The number of methoxy groups -OCH3 is 1. The van der Waals surface area contributed by atoms with E-state index in [0.717, 1.165) is 35.4 Å². The number of hydrogen-bond acceptors (Lipinski definition) is 4. The van der Waals surface area contributed by atoms with Crippen LogP contribution in [-0.2, 0) is 0 Å². The number of ether oxygens (including phenoxy) is 1. The Bertz CT molecular complexity index is 734. The zero-order chi connectivity index (χ0) is 15.8. The van der Waals surface area contributed by atoms with Crippen molar-refractivity contribution >= 4 is 16.7 Å². The van der Waals surface area contributed by atoms with Crippen molar-refractivity contribution in [3.63, 3.8) is 0 Å². The summed E-state index contributed by atoms with van der Waals surface area (Å²) in [6, 6.07) is 7.85. The zero-order valence-electron chi connectivity index (χ0n) is 13.3. The number of amides is 1. The van der Waals surface area contributed by atoms with E-state index in [-0.39, 0.29) is 11.9 Å². The molecule has 3 unspecified atom stereocenters. The number of fused-ring (bicyclic) bond motifs is 3. The smallest absolute Gasteiger partial charge is 0.270 e. The molecule has 23 heavy (non-hydrogen) atoms. The van der Waals surface area contributed by atoms with Crippen molar-refractivity contribution in [2.75, 3.05) is 26.7 Å². The maximum Gasteiger partial charge on any atom is 0.270 e. The van der Waals surface area contributed by atoms with Crippen LogP contribution < -0.4 is 10.1 Å². The van der Waals surface area contributed by atoms with Gasteiger partial charge >= 0.3 is 0 Å². The second-order valence-electron chi connectivity index (χ2n) is 6.57. The Balaban J connectivity index is 1.55. The third kappa shape index (κ3) is 2.77. The summed E-state index contributed by atoms with van der Waals surface area (Å²) in [5.41, 5.74) is 0.454. The van der Waals surface area contributed by atoms with Crippen LogP contribution in [0.2, 0.25) is 0 Å². The largest absolute Gasteiger partial charge is 0.496 e. The first-order valence-electron chi connectivity index (χ1n) is 8.19. The van der Waals surface area contributed by atoms with Gasteiger partial charge in [0.2, 0.25) is 0 Å². The van der Waals surface area contributed by atoms with Gasteiger partial charge in [0.15, 0.2) is 0 Å². The average Bonchev–Trinajstić information content (AvgIpc) is 2.92. The van der Waals surface area contributed by atoms with E-state index in [9.17, 15) is 4.79 Å². The molecule has 3 atom stereocenters. The SMILES string of the molecule is COc1cccc2cnc(C(=O)NC3CC4CCN(C4)C3)cc12. The van der Waals surface area contributed by atoms with Crippen LogP contribution >= 0.6 is 0 Å². The Morgan fingerprint density at radius 2 is 2.30 bits per heavy atom. The summed E-state index contributed by atoms with van der Waals surface area (Å²) in [7, 11) is 1.64. The molecule has 1 aromatic heterocycles. The minimum Gasteiger partial charge on any atom is -0.496 e. The highest BCUT2D eigenvalue weighted by molar-refractivity contribution is 5.98. The van der Waals surface area contributed by atoms with Crippen molar-refractivity contribution in [1.29, 1.82) is 0 Å². The van der Waals surface area contributed by atoms with Crippen LogP contribution in [0, 0.1) is 5.92 Å². The fourth-order valence-electron chi connectivity index (χ4n) is 3.87. The molecule has 5 nitrogen and oxygen atoms in total. The molecular weight excluding hydrogens is 290 g/mol. The van der Waals surface area contributed by atoms with Crippen LogP contribution in [-0.4, -0.2) is 48.6 Å². The standard InChI is InChI=1S/C18H21N3O2/c1-23-17-4-2-3-13-9-19-16(8-15(13)17)18(22)20-14-7-12-5-6-21(10-12)11-14/h2-4,8-9,12,14H,5-7,10-11H2,1H3,(H,20,22). The van der Waals surface area contributed by atoms with Crippen molar-refractivity contribution in [2.45, 2.75) is 18.9 Å². The summed E-state index contributed by atoms with van der Waals surface area (Å²) in [6.45, 7) is 3.32. The van der Waals surface area contributed by atoms with Crippen molar-refractivity contribution < 1.29 is 9.53 Å². The highest BCUT2D eigenvalue weighted by Gasteiger charge is 2.33. The van der Waals surface area contributed by atoms with Gasteiger partial charge in [-0.3, -0.25) is 9.78 Å². The number of rotatable bonds is 3. The van der Waals surface area contributed by atoms with Gasteiger partial charge in [-0.05, 0) is 37.4 Å². The molecule has 120 valence electrons. The van der Waals surface area contributed by atoms with Gasteiger partial charge < -0.3 is 15.0 Å². The predicted molar refractivity (Wildman–Crippen MR) is 88.7 cm³/mol. The molecular formula is C18H21N3O2. The molecule has 3 heterocycles. The average molecular weight is 311 g/mol. The molecule has 2 aliphatic rings. The van der Waals surface area contributed by atoms with E-state index in [1.54, 1.807) is 13.3 Å². The van der Waals surface area contributed by atoms with Crippen LogP contribution in [0.15, 0.2) is 30.5 Å². The van der Waals surface area contributed by atoms with Gasteiger partial charge in [0.1, 0.15) is 11.4 Å². The molecule has 0 spiro atoms. The molecule has 2 bridgehead atoms. The van der Waals surface area contributed by atoms with Crippen LogP contribution in [0.4, 0.5) is 0 Å². The number of carbonyl (C=O) groups is 1. The minimum absolute atomic E-state index is 0.0923. The lowest BCUT2D eigenvalue weighted by molar-refractivity contribution is 0.0904. The summed E-state index contributed by atoms with van der Waals surface area (Å²) < 4.78 is 5.38. The maximum atomic E-state index is 12.6. The lowest BCUT2D eigenvalue weighted by Gasteiger charge is -2.30. The van der Waals surface area contributed by atoms with Gasteiger partial charge in [-0.25, -0.2) is 0 Å². The third-order valence-electron chi connectivity index (χ3n) is 4.98. The van der Waals surface area contributed by atoms with E-state index in [0.29, 0.717) is 5.69 Å². The molecule has 0 saturated carbocycles. The number of benzene rings is 1. The Kier molecular flexibility index (Phi) is 3.65. The van der Waals surface area contributed by atoms with E-state index < -0.39 is 0 Å². The van der Waals surface area contributed by atoms with E-state index in [1.807, 2.05) is 24.3 Å². The maximum absolute atomic E-state index is 12.6. The lowest BCUT2D eigenvalue weighted by atomic mass is 9.97. The van der Waals surface area contributed by atoms with Crippen molar-refractivity contribution in [1.82, 2.24) is 15.2 Å². The van der Waals surface area contributed by atoms with E-state index in [1.165, 1.54) is 19.5 Å². The van der Waals surface area contributed by atoms with Crippen LogP contribution in [0.3, 0.4) is 0 Å². The molecule has 0 aliphatic carbocycles. The van der Waals surface area contributed by atoms with Crippen LogP contribution in [0.1, 0.15) is 23.3 Å². The Morgan fingerprint density at radius 3 is 3.13 bits per heavy atom. The number of hydrogen-bond donors (Lipinski definition) is 1. The van der Waals surface area contributed by atoms with Gasteiger partial charge in [0.25, 0.3) is 5.91 Å². The summed E-state index contributed by atoms with van der Waals surface area (Å²) in [5.74, 6) is 1.41. The molecule has 1 amide bonds. The molecule has 0 radical (unpaired) electrons. The monoisotopic (exact) mass is 311 g/mol. The number of carbonyl (C=O) groups excluding carboxylic acids is 1. The van der Waals surface area contributed by atoms with Gasteiger partial charge in [-0.15, -0.1) is 0 Å². The van der Waals surface area contributed by atoms with Crippen LogP contribution in [0.25, 0.3) is 10.8 Å². The Hall–Kier alpha value is -2.14. The summed E-state index contributed by atoms with van der Waals surface area (Å²) >= 11 is 0. The number of pyridine rings is 1. The fraction of sp³-hybridized carbons (Fsp3) is 0.444. The summed E-state index contributed by atoms with van der Waals surface area (Å²) in [5, 5.41) is 5.05. The van der Waals surface area contributed by atoms with Gasteiger partial charge in [-0.1, -0.05) is 12.1 Å². The second-order valence-corrected chi connectivity index (χ2v) is 6.57. The third-order valence-corrected chi connectivity index (χ3v) is 4.98. The number of aromatic nitrogens is 1. The molecule has 1 N–H and O–H groups in total. The molecule has 2 aliphatic heterocycles. The predicted octanol–water partition coefficient (Wildman–Crippen LogP) is 2.07. The van der Waals surface area contributed by atoms with Crippen molar-refractivity contribution in [3.8, 4) is 5.75 Å². The minimum atomic E-state index is -0.0923. The highest BCUT2D eigenvalue weighted by Crippen LogP contribution is 2.27. The quantitative estimate of drug-likeness (QED) is 0.943. The van der Waals surface area contributed by atoms with E-state index >= 15 is 0 Å². The summed E-state index contributed by atoms with van der Waals surface area (Å²) in [4.78, 5) is 19.3. The second kappa shape index (κ2) is 5.81. The zero-order valence-corrected chi connectivity index (χ0v) is 13.3. The van der Waals surface area contributed by atoms with Crippen LogP contribution in [0.5, 0.6) is 5.75 Å². The van der Waals surface area contributed by atoms with Crippen molar-refractivity contribution in [2.24, 2.45) is 5.92 Å².